The minimum absolute atomic E-state index is 0.00551. The van der Waals surface area contributed by atoms with Gasteiger partial charge in [0.2, 0.25) is 0 Å². The Hall–Kier alpha value is -4.56. The molecule has 4 aromatic rings. The van der Waals surface area contributed by atoms with Crippen molar-refractivity contribution in [2.45, 2.75) is 38.3 Å². The van der Waals surface area contributed by atoms with Crippen LogP contribution in [-0.4, -0.2) is 50.1 Å². The first-order valence-electron chi connectivity index (χ1n) is 12.1. The largest absolute Gasteiger partial charge is 0.486 e. The number of pyridine rings is 1. The van der Waals surface area contributed by atoms with E-state index in [9.17, 15) is 27.2 Å². The molecule has 210 valence electrons. The average molecular weight is 563 g/mol. The second kappa shape index (κ2) is 10.5. The predicted molar refractivity (Wildman–Crippen MR) is 136 cm³/mol. The van der Waals surface area contributed by atoms with E-state index in [2.05, 4.69) is 25.7 Å². The summed E-state index contributed by atoms with van der Waals surface area (Å²) < 4.78 is 76.3. The molecule has 5 rings (SSSR count). The first-order chi connectivity index (χ1) is 19.0. The number of nitrogens with zero attached hydrogens (tertiary/aromatic N) is 4. The van der Waals surface area contributed by atoms with Gasteiger partial charge in [-0.3, -0.25) is 9.59 Å². The molecule has 0 aliphatic carbocycles. The minimum atomic E-state index is -4.95. The average Bonchev–Trinajstić information content (AvgIpc) is 2.89. The molecule has 1 aromatic carbocycles. The van der Waals surface area contributed by atoms with Crippen molar-refractivity contribution in [1.82, 2.24) is 24.7 Å². The Morgan fingerprint density at radius 2 is 2.02 bits per heavy atom. The van der Waals surface area contributed by atoms with Crippen molar-refractivity contribution < 1.29 is 26.7 Å². The lowest BCUT2D eigenvalue weighted by Gasteiger charge is -2.20. The summed E-state index contributed by atoms with van der Waals surface area (Å²) in [6.07, 6.45) is -3.33. The highest BCUT2D eigenvalue weighted by Crippen LogP contribution is 2.32. The van der Waals surface area contributed by atoms with Gasteiger partial charge < -0.3 is 19.9 Å². The van der Waals surface area contributed by atoms with Gasteiger partial charge in [0.05, 0.1) is 42.1 Å². The third-order valence-electron chi connectivity index (χ3n) is 6.26. The summed E-state index contributed by atoms with van der Waals surface area (Å²) >= 11 is 0. The van der Waals surface area contributed by atoms with E-state index >= 15 is 4.39 Å². The molecule has 40 heavy (non-hydrogen) atoms. The molecular weight excluding hydrogens is 541 g/mol. The summed E-state index contributed by atoms with van der Waals surface area (Å²) in [5, 5.41) is 11.0. The Morgan fingerprint density at radius 3 is 2.80 bits per heavy atom. The van der Waals surface area contributed by atoms with E-state index in [1.165, 1.54) is 31.5 Å². The number of rotatable bonds is 7. The van der Waals surface area contributed by atoms with Crippen LogP contribution in [0.5, 0.6) is 5.75 Å². The van der Waals surface area contributed by atoms with E-state index in [1.54, 1.807) is 5.10 Å². The third-order valence-corrected chi connectivity index (χ3v) is 6.26. The maximum absolute atomic E-state index is 15.1. The van der Waals surface area contributed by atoms with Crippen molar-refractivity contribution in [3.63, 3.8) is 0 Å². The van der Waals surface area contributed by atoms with Crippen LogP contribution < -0.4 is 26.5 Å². The van der Waals surface area contributed by atoms with Gasteiger partial charge >= 0.3 is 6.18 Å². The summed E-state index contributed by atoms with van der Waals surface area (Å²) in [5.41, 5.74) is -4.07. The molecule has 0 bridgehead atoms. The molecule has 1 aliphatic heterocycles. The normalized spacial score (nSPS) is 14.7. The first-order valence-corrected chi connectivity index (χ1v) is 12.1. The van der Waals surface area contributed by atoms with E-state index in [-0.39, 0.29) is 23.2 Å². The lowest BCUT2D eigenvalue weighted by molar-refractivity contribution is -0.138. The number of hydrogen-bond donors (Lipinski definition) is 3. The fourth-order valence-corrected chi connectivity index (χ4v) is 4.47. The van der Waals surface area contributed by atoms with Crippen LogP contribution in [0.25, 0.3) is 22.2 Å². The van der Waals surface area contributed by atoms with Gasteiger partial charge in [0.1, 0.15) is 24.2 Å². The molecule has 4 heterocycles. The molecule has 10 nitrogen and oxygen atoms in total. The molecule has 0 amide bonds. The number of hydrogen-bond acceptors (Lipinski definition) is 8. The van der Waals surface area contributed by atoms with Crippen LogP contribution in [0.15, 0.2) is 46.4 Å². The molecule has 0 spiro atoms. The van der Waals surface area contributed by atoms with Gasteiger partial charge in [-0.1, -0.05) is 0 Å². The smallest absolute Gasteiger partial charge is 0.423 e. The van der Waals surface area contributed by atoms with Crippen LogP contribution in [0.2, 0.25) is 0 Å². The van der Waals surface area contributed by atoms with Crippen LogP contribution in [0.3, 0.4) is 0 Å². The van der Waals surface area contributed by atoms with E-state index in [0.717, 1.165) is 16.8 Å². The van der Waals surface area contributed by atoms with Crippen molar-refractivity contribution in [2.24, 2.45) is 0 Å². The van der Waals surface area contributed by atoms with Gasteiger partial charge in [-0.05, 0) is 30.5 Å². The summed E-state index contributed by atoms with van der Waals surface area (Å²) in [5.74, 6) is 0.212. The van der Waals surface area contributed by atoms with E-state index in [0.29, 0.717) is 30.1 Å². The maximum atomic E-state index is 15.1. The molecule has 0 radical (unpaired) electrons. The van der Waals surface area contributed by atoms with Crippen molar-refractivity contribution in [2.75, 3.05) is 23.8 Å². The number of fused-ring (bicyclic) bond motifs is 2. The number of ether oxygens (including phenoxy) is 1. The number of aromatic nitrogens is 5. The van der Waals surface area contributed by atoms with Crippen LogP contribution in [0.4, 0.5) is 33.5 Å². The Kier molecular flexibility index (Phi) is 7.12. The second-order valence-corrected chi connectivity index (χ2v) is 9.24. The van der Waals surface area contributed by atoms with Gasteiger partial charge in [-0.15, -0.1) is 0 Å². The van der Waals surface area contributed by atoms with Gasteiger partial charge in [0.15, 0.2) is 17.4 Å². The standard InChI is InChI=1S/C25H22F5N7O3/c1-12(34-18-9-33-36-23(38)20(18)25(28,29)30)6-14(26)11-37-4-2-13-7-16(17(27)8-15(13)24(37)39)21-32-10-19-22(35-21)31-3-5-40-19/h2,4,7-10,12,14H,3,5-6,11H2,1H3,(H,31,32,35)(H2,34,36,38)/t12-,14+/m0/s1. The molecule has 15 heteroatoms. The predicted octanol–water partition coefficient (Wildman–Crippen LogP) is 3.73. The molecule has 3 aromatic heterocycles. The lowest BCUT2D eigenvalue weighted by Crippen LogP contribution is -2.30. The van der Waals surface area contributed by atoms with E-state index in [1.807, 2.05) is 0 Å². The highest BCUT2D eigenvalue weighted by Gasteiger charge is 2.37. The zero-order valence-electron chi connectivity index (χ0n) is 20.9. The summed E-state index contributed by atoms with van der Waals surface area (Å²) in [6.45, 7) is 1.99. The number of alkyl halides is 4. The zero-order valence-corrected chi connectivity index (χ0v) is 20.9. The molecule has 3 N–H and O–H groups in total. The Bertz CT molecular complexity index is 1690. The van der Waals surface area contributed by atoms with Gasteiger partial charge in [-0.2, -0.15) is 18.3 Å². The summed E-state index contributed by atoms with van der Waals surface area (Å²) in [7, 11) is 0. The van der Waals surface area contributed by atoms with E-state index in [4.69, 9.17) is 4.74 Å². The topological polar surface area (TPSA) is 127 Å². The van der Waals surface area contributed by atoms with Crippen LogP contribution in [-0.2, 0) is 12.7 Å². The number of anilines is 2. The summed E-state index contributed by atoms with van der Waals surface area (Å²) in [4.78, 5) is 33.1. The molecule has 1 aliphatic rings. The number of halogens is 5. The molecule has 0 saturated carbocycles. The molecule has 0 unspecified atom stereocenters. The maximum Gasteiger partial charge on any atom is 0.423 e. The Morgan fingerprint density at radius 1 is 1.23 bits per heavy atom. The van der Waals surface area contributed by atoms with Gasteiger partial charge in [0.25, 0.3) is 11.1 Å². The molecule has 2 atom stereocenters. The minimum Gasteiger partial charge on any atom is -0.486 e. The van der Waals surface area contributed by atoms with E-state index < -0.39 is 53.1 Å². The Labute approximate surface area is 222 Å². The highest BCUT2D eigenvalue weighted by atomic mass is 19.4. The van der Waals surface area contributed by atoms with Crippen LogP contribution in [0.1, 0.15) is 18.9 Å². The number of nitrogens with one attached hydrogen (secondary N) is 3. The van der Waals surface area contributed by atoms with Crippen molar-refractivity contribution in [3.8, 4) is 17.1 Å². The quantitative estimate of drug-likeness (QED) is 0.291. The van der Waals surface area contributed by atoms with Crippen LogP contribution >= 0.6 is 0 Å². The lowest BCUT2D eigenvalue weighted by atomic mass is 10.1. The number of H-pyrrole nitrogens is 1. The number of aromatic amines is 1. The monoisotopic (exact) mass is 563 g/mol. The van der Waals surface area contributed by atoms with Crippen molar-refractivity contribution in [3.05, 3.63) is 68.9 Å². The van der Waals surface area contributed by atoms with Gasteiger partial charge in [-0.25, -0.2) is 23.8 Å². The third kappa shape index (κ3) is 5.44. The SMILES string of the molecule is C[C@@H](C[C@@H](F)Cn1ccc2cc(-c3ncc4c(n3)NCCO4)c(F)cc2c1=O)Nc1cn[nH]c(=O)c1C(F)(F)F. The Balaban J connectivity index is 1.33. The van der Waals surface area contributed by atoms with Gasteiger partial charge in [0, 0.05) is 18.7 Å². The number of benzene rings is 1. The zero-order chi connectivity index (χ0) is 28.6. The highest BCUT2D eigenvalue weighted by molar-refractivity contribution is 5.86. The van der Waals surface area contributed by atoms with Crippen LogP contribution in [0, 0.1) is 5.82 Å². The molecule has 0 saturated heterocycles. The molecular formula is C25H22F5N7O3. The van der Waals surface area contributed by atoms with Crippen molar-refractivity contribution >= 4 is 22.3 Å². The molecule has 0 fully saturated rings. The van der Waals surface area contributed by atoms with Crippen molar-refractivity contribution in [1.29, 1.82) is 0 Å². The summed E-state index contributed by atoms with van der Waals surface area (Å²) in [6, 6.07) is 3.12. The first kappa shape index (κ1) is 27.0. The fraction of sp³-hybridized carbons (Fsp3) is 0.320. The second-order valence-electron chi connectivity index (χ2n) is 9.24. The fourth-order valence-electron chi connectivity index (χ4n) is 4.47.